The summed E-state index contributed by atoms with van der Waals surface area (Å²) < 4.78 is 39.3. The Morgan fingerprint density at radius 1 is 1.16 bits per heavy atom. The van der Waals surface area contributed by atoms with Crippen LogP contribution in [0.4, 0.5) is 20.6 Å². The van der Waals surface area contributed by atoms with Gasteiger partial charge in [-0.1, -0.05) is 19.3 Å². The number of urea groups is 1. The number of hydrogen-bond donors (Lipinski definition) is 2. The second-order valence-electron chi connectivity index (χ2n) is 6.88. The first-order valence-corrected chi connectivity index (χ1v) is 10.6. The average Bonchev–Trinajstić information content (AvgIpc) is 3.34. The third kappa shape index (κ3) is 4.62. The van der Waals surface area contributed by atoms with Crippen molar-refractivity contribution < 1.29 is 17.6 Å². The number of carbonyl (C=O) groups is 1. The molecule has 0 heterocycles. The minimum absolute atomic E-state index is 0.111. The van der Waals surface area contributed by atoms with Crippen molar-refractivity contribution in [3.05, 3.63) is 24.0 Å². The van der Waals surface area contributed by atoms with Crippen LogP contribution in [0.2, 0.25) is 0 Å². The maximum atomic E-state index is 13.7. The number of sulfonamides is 1. The molecular formula is C17H24FN3O3S. The van der Waals surface area contributed by atoms with Gasteiger partial charge < -0.3 is 10.6 Å². The molecule has 8 heteroatoms. The van der Waals surface area contributed by atoms with E-state index in [1.54, 1.807) is 0 Å². The number of carbonyl (C=O) groups excluding carboxylic acids is 1. The van der Waals surface area contributed by atoms with Gasteiger partial charge in [0.05, 0.1) is 17.6 Å². The van der Waals surface area contributed by atoms with Crippen LogP contribution in [0, 0.1) is 5.82 Å². The molecule has 0 spiro atoms. The van der Waals surface area contributed by atoms with Crippen LogP contribution >= 0.6 is 0 Å². The van der Waals surface area contributed by atoms with E-state index in [1.807, 2.05) is 0 Å². The van der Waals surface area contributed by atoms with Gasteiger partial charge in [0.15, 0.2) is 0 Å². The number of amides is 2. The Labute approximate surface area is 147 Å². The van der Waals surface area contributed by atoms with Crippen LogP contribution in [-0.4, -0.2) is 32.8 Å². The summed E-state index contributed by atoms with van der Waals surface area (Å²) in [5.41, 5.74) is 0.482. The van der Waals surface area contributed by atoms with Crippen LogP contribution in [0.25, 0.3) is 0 Å². The maximum Gasteiger partial charge on any atom is 0.319 e. The van der Waals surface area contributed by atoms with Gasteiger partial charge in [0, 0.05) is 12.1 Å². The van der Waals surface area contributed by atoms with Crippen molar-refractivity contribution in [2.24, 2.45) is 0 Å². The first-order valence-electron chi connectivity index (χ1n) is 8.71. The predicted octanol–water partition coefficient (Wildman–Crippen LogP) is 3.21. The lowest BCUT2D eigenvalue weighted by molar-refractivity contribution is 0.244. The number of hydrogen-bond acceptors (Lipinski definition) is 3. The first-order chi connectivity index (χ1) is 11.8. The molecular weight excluding hydrogens is 345 g/mol. The second-order valence-corrected chi connectivity index (χ2v) is 8.74. The van der Waals surface area contributed by atoms with Crippen LogP contribution in [0.1, 0.15) is 44.9 Å². The van der Waals surface area contributed by atoms with Crippen molar-refractivity contribution in [2.45, 2.75) is 57.0 Å². The molecule has 2 saturated carbocycles. The molecule has 0 aromatic heterocycles. The van der Waals surface area contributed by atoms with Crippen molar-refractivity contribution in [3.63, 3.8) is 0 Å². The summed E-state index contributed by atoms with van der Waals surface area (Å²) in [6.45, 7) is 0. The van der Waals surface area contributed by atoms with Crippen molar-refractivity contribution in [1.82, 2.24) is 5.32 Å². The molecule has 2 fully saturated rings. The van der Waals surface area contributed by atoms with Gasteiger partial charge in [0.2, 0.25) is 10.0 Å². The third-order valence-electron chi connectivity index (χ3n) is 4.62. The maximum absolute atomic E-state index is 13.7. The van der Waals surface area contributed by atoms with Gasteiger partial charge in [-0.25, -0.2) is 17.6 Å². The van der Waals surface area contributed by atoms with E-state index in [-0.39, 0.29) is 17.8 Å². The number of nitrogens with zero attached hydrogens (tertiary/aromatic N) is 1. The van der Waals surface area contributed by atoms with Crippen LogP contribution in [0.5, 0.6) is 0 Å². The lowest BCUT2D eigenvalue weighted by Gasteiger charge is -2.26. The van der Waals surface area contributed by atoms with Crippen molar-refractivity contribution >= 4 is 27.4 Å². The highest BCUT2D eigenvalue weighted by Crippen LogP contribution is 2.38. The average molecular weight is 369 g/mol. The summed E-state index contributed by atoms with van der Waals surface area (Å²) in [5.74, 6) is -0.527. The summed E-state index contributed by atoms with van der Waals surface area (Å²) in [5, 5.41) is 5.53. The minimum Gasteiger partial charge on any atom is -0.335 e. The van der Waals surface area contributed by atoms with E-state index in [1.165, 1.54) is 22.9 Å². The number of rotatable bonds is 5. The molecule has 0 radical (unpaired) electrons. The molecule has 138 valence electrons. The molecule has 0 aliphatic heterocycles. The molecule has 0 atom stereocenters. The van der Waals surface area contributed by atoms with Gasteiger partial charge in [-0.2, -0.15) is 0 Å². The zero-order valence-corrected chi connectivity index (χ0v) is 15.1. The van der Waals surface area contributed by atoms with Gasteiger partial charge in [-0.3, -0.25) is 4.31 Å². The summed E-state index contributed by atoms with van der Waals surface area (Å²) in [7, 11) is -3.51. The molecule has 0 unspecified atom stereocenters. The number of anilines is 2. The third-order valence-corrected chi connectivity index (χ3v) is 5.83. The van der Waals surface area contributed by atoms with E-state index in [4.69, 9.17) is 0 Å². The van der Waals surface area contributed by atoms with Gasteiger partial charge >= 0.3 is 6.03 Å². The molecule has 1 aromatic rings. The molecule has 1 aromatic carbocycles. The molecule has 6 nitrogen and oxygen atoms in total. The van der Waals surface area contributed by atoms with Gasteiger partial charge in [0.25, 0.3) is 0 Å². The normalized spacial score (nSPS) is 18.6. The van der Waals surface area contributed by atoms with Crippen LogP contribution in [0.15, 0.2) is 18.2 Å². The largest absolute Gasteiger partial charge is 0.335 e. The number of nitrogens with one attached hydrogen (secondary N) is 2. The zero-order valence-electron chi connectivity index (χ0n) is 14.3. The highest BCUT2D eigenvalue weighted by Gasteiger charge is 2.36. The monoisotopic (exact) mass is 369 g/mol. The van der Waals surface area contributed by atoms with Gasteiger partial charge in [-0.05, 0) is 43.9 Å². The molecule has 0 bridgehead atoms. The predicted molar refractivity (Wildman–Crippen MR) is 95.8 cm³/mol. The Morgan fingerprint density at radius 3 is 2.44 bits per heavy atom. The summed E-state index contributed by atoms with van der Waals surface area (Å²) >= 11 is 0. The first kappa shape index (κ1) is 18.0. The van der Waals surface area contributed by atoms with E-state index in [0.717, 1.165) is 50.8 Å². The van der Waals surface area contributed by atoms with Gasteiger partial charge in [0.1, 0.15) is 5.82 Å². The Morgan fingerprint density at radius 2 is 1.84 bits per heavy atom. The fraction of sp³-hybridized carbons (Fsp3) is 0.588. The summed E-state index contributed by atoms with van der Waals surface area (Å²) in [6, 6.07) is 3.34. The lowest BCUT2D eigenvalue weighted by atomic mass is 9.96. The van der Waals surface area contributed by atoms with E-state index in [9.17, 15) is 17.6 Å². The smallest absolute Gasteiger partial charge is 0.319 e. The Balaban J connectivity index is 1.80. The quantitative estimate of drug-likeness (QED) is 0.836. The standard InChI is InChI=1S/C17H24FN3O3S/c1-25(23,24)21(14-8-9-14)16-10-7-12(18)11-15(16)20-17(22)19-13-5-3-2-4-6-13/h7,10-11,13-14H,2-6,8-9H2,1H3,(H2,19,20,22). The molecule has 2 aliphatic rings. The fourth-order valence-corrected chi connectivity index (χ4v) is 4.62. The van der Waals surface area contributed by atoms with E-state index < -0.39 is 21.9 Å². The SMILES string of the molecule is CS(=O)(=O)N(c1ccc(F)cc1NC(=O)NC1CCCCC1)C1CC1. The molecule has 3 rings (SSSR count). The van der Waals surface area contributed by atoms with E-state index >= 15 is 0 Å². The van der Waals surface area contributed by atoms with Crippen molar-refractivity contribution in [1.29, 1.82) is 0 Å². The number of benzene rings is 1. The lowest BCUT2D eigenvalue weighted by Crippen LogP contribution is -2.39. The van der Waals surface area contributed by atoms with Crippen LogP contribution in [-0.2, 0) is 10.0 Å². The molecule has 2 N–H and O–H groups in total. The minimum atomic E-state index is -3.51. The van der Waals surface area contributed by atoms with Gasteiger partial charge in [-0.15, -0.1) is 0 Å². The second kappa shape index (κ2) is 7.19. The summed E-state index contributed by atoms with van der Waals surface area (Å²) in [6.07, 6.45) is 7.86. The Kier molecular flexibility index (Phi) is 5.17. The van der Waals surface area contributed by atoms with Crippen molar-refractivity contribution in [3.8, 4) is 0 Å². The molecule has 2 amide bonds. The highest BCUT2D eigenvalue weighted by atomic mass is 32.2. The van der Waals surface area contributed by atoms with Crippen LogP contribution < -0.4 is 14.9 Å². The molecule has 2 aliphatic carbocycles. The fourth-order valence-electron chi connectivity index (χ4n) is 3.35. The molecule has 25 heavy (non-hydrogen) atoms. The zero-order chi connectivity index (χ0) is 18.0. The van der Waals surface area contributed by atoms with Crippen molar-refractivity contribution in [2.75, 3.05) is 15.9 Å². The Bertz CT molecular complexity index is 744. The topological polar surface area (TPSA) is 78.5 Å². The van der Waals surface area contributed by atoms with Crippen LogP contribution in [0.3, 0.4) is 0 Å². The highest BCUT2D eigenvalue weighted by molar-refractivity contribution is 7.92. The van der Waals surface area contributed by atoms with E-state index in [2.05, 4.69) is 10.6 Å². The molecule has 0 saturated heterocycles. The van der Waals surface area contributed by atoms with E-state index in [0.29, 0.717) is 5.69 Å². The Hall–Kier alpha value is -1.83. The summed E-state index contributed by atoms with van der Waals surface area (Å²) in [4.78, 5) is 12.3. The number of halogens is 1.